The third-order valence-corrected chi connectivity index (χ3v) is 1.93. The number of pyridine rings is 1. The van der Waals surface area contributed by atoms with Gasteiger partial charge in [-0.2, -0.15) is 5.10 Å². The van der Waals surface area contributed by atoms with Gasteiger partial charge in [0.25, 0.3) is 0 Å². The molecule has 0 saturated heterocycles. The summed E-state index contributed by atoms with van der Waals surface area (Å²) in [6.45, 7) is 5.44. The maximum Gasteiger partial charge on any atom is 0.412 e. The molecule has 2 rings (SSSR count). The summed E-state index contributed by atoms with van der Waals surface area (Å²) in [6, 6.07) is 3.45. The van der Waals surface area contributed by atoms with E-state index < -0.39 is 11.7 Å². The highest BCUT2D eigenvalue weighted by Gasteiger charge is 2.16. The normalized spacial score (nSPS) is 11.5. The number of hydrogen-bond acceptors (Lipinski definition) is 4. The van der Waals surface area contributed by atoms with E-state index in [1.54, 1.807) is 22.8 Å². The predicted octanol–water partition coefficient (Wildman–Crippen LogP) is 2.08. The standard InChI is InChI=1S/C11H14N4O2/c1-11(2,3)17-10(16)14-8-4-5-15-9(6-8)12-7-13-15/h4-7H,1-3H3,(H,14,16). The number of aromatic nitrogens is 3. The van der Waals surface area contributed by atoms with E-state index in [9.17, 15) is 4.79 Å². The van der Waals surface area contributed by atoms with Gasteiger partial charge in [-0.15, -0.1) is 0 Å². The van der Waals surface area contributed by atoms with Crippen molar-refractivity contribution in [3.8, 4) is 0 Å². The number of fused-ring (bicyclic) bond motifs is 1. The second-order valence-corrected chi connectivity index (χ2v) is 4.61. The molecule has 1 amide bonds. The molecule has 0 aromatic carbocycles. The van der Waals surface area contributed by atoms with Crippen LogP contribution in [-0.4, -0.2) is 26.3 Å². The Hall–Kier alpha value is -2.11. The monoisotopic (exact) mass is 234 g/mol. The SMILES string of the molecule is CC(C)(C)OC(=O)Nc1ccn2ncnc2c1. The quantitative estimate of drug-likeness (QED) is 0.820. The molecule has 0 aliphatic carbocycles. The fourth-order valence-electron chi connectivity index (χ4n) is 1.31. The lowest BCUT2D eigenvalue weighted by molar-refractivity contribution is 0.0636. The van der Waals surface area contributed by atoms with Gasteiger partial charge in [0.15, 0.2) is 5.65 Å². The molecule has 2 heterocycles. The van der Waals surface area contributed by atoms with Gasteiger partial charge in [0.2, 0.25) is 0 Å². The molecule has 0 radical (unpaired) electrons. The highest BCUT2D eigenvalue weighted by Crippen LogP contribution is 2.12. The number of nitrogens with zero attached hydrogens (tertiary/aromatic N) is 3. The number of anilines is 1. The zero-order chi connectivity index (χ0) is 12.5. The number of amides is 1. The van der Waals surface area contributed by atoms with Crippen LogP contribution in [0.3, 0.4) is 0 Å². The van der Waals surface area contributed by atoms with Crippen LogP contribution in [0, 0.1) is 0 Å². The highest BCUT2D eigenvalue weighted by atomic mass is 16.6. The molecule has 1 N–H and O–H groups in total. The molecular weight excluding hydrogens is 220 g/mol. The molecule has 0 fully saturated rings. The van der Waals surface area contributed by atoms with E-state index in [0.29, 0.717) is 11.3 Å². The summed E-state index contributed by atoms with van der Waals surface area (Å²) >= 11 is 0. The van der Waals surface area contributed by atoms with Gasteiger partial charge in [0.05, 0.1) is 0 Å². The highest BCUT2D eigenvalue weighted by molar-refractivity contribution is 5.85. The Morgan fingerprint density at radius 2 is 2.24 bits per heavy atom. The van der Waals surface area contributed by atoms with Crippen LogP contribution in [-0.2, 0) is 4.74 Å². The minimum atomic E-state index is -0.511. The summed E-state index contributed by atoms with van der Waals surface area (Å²) in [5.41, 5.74) is 0.779. The van der Waals surface area contributed by atoms with E-state index in [-0.39, 0.29) is 0 Å². The Bertz CT molecular complexity index is 542. The van der Waals surface area contributed by atoms with Crippen molar-refractivity contribution in [1.82, 2.24) is 14.6 Å². The number of hydrogen-bond donors (Lipinski definition) is 1. The van der Waals surface area contributed by atoms with E-state index in [0.717, 1.165) is 0 Å². The Morgan fingerprint density at radius 3 is 2.94 bits per heavy atom. The average molecular weight is 234 g/mol. The van der Waals surface area contributed by atoms with Crippen LogP contribution in [0.4, 0.5) is 10.5 Å². The maximum atomic E-state index is 11.5. The van der Waals surface area contributed by atoms with Gasteiger partial charge in [-0.05, 0) is 26.8 Å². The van der Waals surface area contributed by atoms with Crippen molar-refractivity contribution < 1.29 is 9.53 Å². The van der Waals surface area contributed by atoms with Gasteiger partial charge in [-0.25, -0.2) is 14.3 Å². The molecule has 0 bridgehead atoms. The second kappa shape index (κ2) is 4.04. The minimum absolute atomic E-state index is 0.485. The first kappa shape index (κ1) is 11.4. The molecule has 0 spiro atoms. The molecule has 0 saturated carbocycles. The van der Waals surface area contributed by atoms with Crippen molar-refractivity contribution in [3.05, 3.63) is 24.7 Å². The van der Waals surface area contributed by atoms with E-state index in [1.807, 2.05) is 20.8 Å². The van der Waals surface area contributed by atoms with Crippen LogP contribution in [0.25, 0.3) is 5.65 Å². The lowest BCUT2D eigenvalue weighted by atomic mass is 10.2. The lowest BCUT2D eigenvalue weighted by Gasteiger charge is -2.19. The fourth-order valence-corrected chi connectivity index (χ4v) is 1.31. The van der Waals surface area contributed by atoms with Gasteiger partial charge in [0.1, 0.15) is 11.9 Å². The average Bonchev–Trinajstić information content (AvgIpc) is 2.61. The molecule has 17 heavy (non-hydrogen) atoms. The first-order valence-corrected chi connectivity index (χ1v) is 5.23. The Kier molecular flexibility index (Phi) is 2.71. The van der Waals surface area contributed by atoms with Crippen LogP contribution in [0.15, 0.2) is 24.7 Å². The third kappa shape index (κ3) is 2.93. The molecule has 6 heteroatoms. The van der Waals surface area contributed by atoms with Gasteiger partial charge in [-0.1, -0.05) is 0 Å². The number of carbonyl (C=O) groups excluding carboxylic acids is 1. The summed E-state index contributed by atoms with van der Waals surface area (Å²) in [4.78, 5) is 15.5. The van der Waals surface area contributed by atoms with Crippen molar-refractivity contribution in [2.24, 2.45) is 0 Å². The molecule has 0 unspecified atom stereocenters. The van der Waals surface area contributed by atoms with E-state index in [4.69, 9.17) is 4.74 Å². The van der Waals surface area contributed by atoms with Crippen molar-refractivity contribution >= 4 is 17.4 Å². The molecule has 90 valence electrons. The van der Waals surface area contributed by atoms with E-state index in [1.165, 1.54) is 6.33 Å². The van der Waals surface area contributed by atoms with Crippen LogP contribution in [0.5, 0.6) is 0 Å². The van der Waals surface area contributed by atoms with Crippen LogP contribution < -0.4 is 5.32 Å². The molecule has 2 aromatic rings. The third-order valence-electron chi connectivity index (χ3n) is 1.93. The maximum absolute atomic E-state index is 11.5. The topological polar surface area (TPSA) is 68.5 Å². The van der Waals surface area contributed by atoms with Gasteiger partial charge in [-0.3, -0.25) is 5.32 Å². The predicted molar refractivity (Wildman–Crippen MR) is 62.8 cm³/mol. The Morgan fingerprint density at radius 1 is 1.47 bits per heavy atom. The van der Waals surface area contributed by atoms with Crippen LogP contribution in [0.2, 0.25) is 0 Å². The molecule has 0 aliphatic heterocycles. The zero-order valence-electron chi connectivity index (χ0n) is 9.97. The summed E-state index contributed by atoms with van der Waals surface area (Å²) in [6.07, 6.45) is 2.68. The zero-order valence-corrected chi connectivity index (χ0v) is 9.97. The van der Waals surface area contributed by atoms with Gasteiger partial charge in [0, 0.05) is 18.0 Å². The van der Waals surface area contributed by atoms with Crippen molar-refractivity contribution in [2.45, 2.75) is 26.4 Å². The lowest BCUT2D eigenvalue weighted by Crippen LogP contribution is -2.27. The van der Waals surface area contributed by atoms with E-state index in [2.05, 4.69) is 15.4 Å². The molecule has 6 nitrogen and oxygen atoms in total. The minimum Gasteiger partial charge on any atom is -0.444 e. The van der Waals surface area contributed by atoms with Crippen molar-refractivity contribution in [2.75, 3.05) is 5.32 Å². The van der Waals surface area contributed by atoms with Crippen molar-refractivity contribution in [3.63, 3.8) is 0 Å². The number of nitrogens with one attached hydrogen (secondary N) is 1. The first-order chi connectivity index (χ1) is 7.94. The number of carbonyl (C=O) groups is 1. The molecule has 0 atom stereocenters. The van der Waals surface area contributed by atoms with E-state index >= 15 is 0 Å². The largest absolute Gasteiger partial charge is 0.444 e. The Labute approximate surface area is 98.6 Å². The summed E-state index contributed by atoms with van der Waals surface area (Å²) in [7, 11) is 0. The molecular formula is C11H14N4O2. The summed E-state index contributed by atoms with van der Waals surface area (Å²) in [5.74, 6) is 0. The Balaban J connectivity index is 2.10. The first-order valence-electron chi connectivity index (χ1n) is 5.23. The van der Waals surface area contributed by atoms with Gasteiger partial charge < -0.3 is 4.74 Å². The van der Waals surface area contributed by atoms with Crippen molar-refractivity contribution in [1.29, 1.82) is 0 Å². The van der Waals surface area contributed by atoms with Crippen LogP contribution in [0.1, 0.15) is 20.8 Å². The van der Waals surface area contributed by atoms with Gasteiger partial charge >= 0.3 is 6.09 Å². The number of ether oxygens (including phenoxy) is 1. The number of rotatable bonds is 1. The second-order valence-electron chi connectivity index (χ2n) is 4.61. The smallest absolute Gasteiger partial charge is 0.412 e. The summed E-state index contributed by atoms with van der Waals surface area (Å²) in [5, 5.41) is 6.60. The van der Waals surface area contributed by atoms with Crippen LogP contribution >= 0.6 is 0 Å². The molecule has 0 aliphatic rings. The summed E-state index contributed by atoms with van der Waals surface area (Å²) < 4.78 is 6.75. The molecule has 2 aromatic heterocycles. The fraction of sp³-hybridized carbons (Fsp3) is 0.364.